The summed E-state index contributed by atoms with van der Waals surface area (Å²) >= 11 is 6.51. The van der Waals surface area contributed by atoms with Gasteiger partial charge < -0.3 is 14.9 Å². The Balaban J connectivity index is 1.51. The minimum Gasteiger partial charge on any atom is -0.396 e. The number of aliphatic hydroxyl groups excluding tert-OH is 1. The normalized spacial score (nSPS) is 16.3. The van der Waals surface area contributed by atoms with Crippen molar-refractivity contribution >= 4 is 29.4 Å². The zero-order valence-corrected chi connectivity index (χ0v) is 19.9. The lowest BCUT2D eigenvalue weighted by atomic mass is 9.94. The highest BCUT2D eigenvalue weighted by Gasteiger charge is 2.35. The molecular formula is C25H28ClN3O4. The third-order valence-electron chi connectivity index (χ3n) is 6.19. The summed E-state index contributed by atoms with van der Waals surface area (Å²) in [5.74, 6) is -0.276. The van der Waals surface area contributed by atoms with Gasteiger partial charge in [-0.25, -0.2) is 4.79 Å². The van der Waals surface area contributed by atoms with Gasteiger partial charge >= 0.3 is 6.03 Å². The lowest BCUT2D eigenvalue weighted by Gasteiger charge is -2.28. The van der Waals surface area contributed by atoms with E-state index >= 15 is 0 Å². The molecular weight excluding hydrogens is 442 g/mol. The van der Waals surface area contributed by atoms with Crippen molar-refractivity contribution in [1.29, 1.82) is 0 Å². The van der Waals surface area contributed by atoms with Crippen molar-refractivity contribution in [2.75, 3.05) is 26.2 Å². The first kappa shape index (κ1) is 23.3. The van der Waals surface area contributed by atoms with Crippen LogP contribution in [0.25, 0.3) is 11.1 Å². The number of hydrogen-bond donors (Lipinski definition) is 1. The maximum Gasteiger partial charge on any atom is 0.327 e. The van der Waals surface area contributed by atoms with Crippen LogP contribution in [0.5, 0.6) is 0 Å². The van der Waals surface area contributed by atoms with Crippen LogP contribution in [0, 0.1) is 5.41 Å². The second-order valence-corrected chi connectivity index (χ2v) is 9.86. The van der Waals surface area contributed by atoms with E-state index in [0.717, 1.165) is 22.3 Å². The summed E-state index contributed by atoms with van der Waals surface area (Å²) in [6, 6.07) is 11.3. The van der Waals surface area contributed by atoms with E-state index < -0.39 is 5.41 Å². The van der Waals surface area contributed by atoms with E-state index in [2.05, 4.69) is 0 Å². The van der Waals surface area contributed by atoms with Gasteiger partial charge in [0.1, 0.15) is 6.54 Å². The van der Waals surface area contributed by atoms with Crippen molar-refractivity contribution in [3.63, 3.8) is 0 Å². The number of rotatable bonds is 7. The quantitative estimate of drug-likeness (QED) is 0.626. The van der Waals surface area contributed by atoms with Crippen LogP contribution in [0.4, 0.5) is 4.79 Å². The molecule has 7 nitrogen and oxygen atoms in total. The summed E-state index contributed by atoms with van der Waals surface area (Å²) in [4.78, 5) is 41.6. The molecule has 0 saturated carbocycles. The van der Waals surface area contributed by atoms with Crippen LogP contribution in [-0.4, -0.2) is 63.9 Å². The first-order valence-electron chi connectivity index (χ1n) is 11.0. The number of carbonyl (C=O) groups is 3. The Bertz CT molecular complexity index is 1110. The summed E-state index contributed by atoms with van der Waals surface area (Å²) in [5, 5.41) is 9.98. The molecule has 0 aromatic heterocycles. The van der Waals surface area contributed by atoms with Crippen LogP contribution in [0.2, 0.25) is 5.02 Å². The number of halogens is 1. The molecule has 8 heteroatoms. The van der Waals surface area contributed by atoms with E-state index in [0.29, 0.717) is 36.8 Å². The predicted molar refractivity (Wildman–Crippen MR) is 126 cm³/mol. The monoisotopic (exact) mass is 469 g/mol. The van der Waals surface area contributed by atoms with E-state index in [1.807, 2.05) is 44.2 Å². The largest absolute Gasteiger partial charge is 0.396 e. The van der Waals surface area contributed by atoms with Gasteiger partial charge in [-0.3, -0.25) is 14.5 Å². The number of nitrogens with zero attached hydrogens (tertiary/aromatic N) is 3. The number of benzene rings is 2. The van der Waals surface area contributed by atoms with Gasteiger partial charge in [-0.05, 0) is 41.3 Å². The molecule has 4 amide bonds. The number of likely N-dealkylation sites (N-methyl/N-ethyl adjacent to an activating group) is 1. The summed E-state index contributed by atoms with van der Waals surface area (Å²) in [5.41, 5.74) is 3.80. The van der Waals surface area contributed by atoms with Gasteiger partial charge in [-0.15, -0.1) is 0 Å². The molecule has 2 aromatic carbocycles. The maximum atomic E-state index is 12.9. The fourth-order valence-electron chi connectivity index (χ4n) is 4.38. The minimum absolute atomic E-state index is 0.00782. The number of aliphatic hydroxyl groups is 1. The third-order valence-corrected chi connectivity index (χ3v) is 6.48. The van der Waals surface area contributed by atoms with Crippen LogP contribution in [0.3, 0.4) is 0 Å². The van der Waals surface area contributed by atoms with Gasteiger partial charge in [-0.1, -0.05) is 49.7 Å². The molecule has 0 radical (unpaired) electrons. The van der Waals surface area contributed by atoms with E-state index in [9.17, 15) is 19.5 Å². The molecule has 1 fully saturated rings. The zero-order valence-electron chi connectivity index (χ0n) is 19.1. The van der Waals surface area contributed by atoms with Crippen molar-refractivity contribution in [3.8, 4) is 11.1 Å². The summed E-state index contributed by atoms with van der Waals surface area (Å²) in [6.45, 7) is 7.38. The van der Waals surface area contributed by atoms with Crippen molar-refractivity contribution in [2.45, 2.75) is 33.9 Å². The van der Waals surface area contributed by atoms with Gasteiger partial charge in [0, 0.05) is 38.2 Å². The van der Waals surface area contributed by atoms with Crippen LogP contribution in [0.15, 0.2) is 36.4 Å². The fraction of sp³-hybridized carbons (Fsp3) is 0.400. The van der Waals surface area contributed by atoms with Crippen molar-refractivity contribution < 1.29 is 19.5 Å². The lowest BCUT2D eigenvalue weighted by Crippen LogP contribution is -2.36. The van der Waals surface area contributed by atoms with Crippen LogP contribution >= 0.6 is 11.6 Å². The number of urea groups is 1. The van der Waals surface area contributed by atoms with Gasteiger partial charge in [0.15, 0.2) is 0 Å². The highest BCUT2D eigenvalue weighted by atomic mass is 35.5. The summed E-state index contributed by atoms with van der Waals surface area (Å²) in [6.07, 6.45) is 0. The second kappa shape index (κ2) is 8.80. The molecule has 0 aliphatic carbocycles. The summed E-state index contributed by atoms with van der Waals surface area (Å²) < 4.78 is 0. The Kier molecular flexibility index (Phi) is 6.20. The van der Waals surface area contributed by atoms with Crippen LogP contribution < -0.4 is 0 Å². The topological polar surface area (TPSA) is 81.2 Å². The number of hydrogen-bond acceptors (Lipinski definition) is 4. The van der Waals surface area contributed by atoms with E-state index in [1.165, 1.54) is 4.90 Å². The lowest BCUT2D eigenvalue weighted by molar-refractivity contribution is -0.125. The van der Waals surface area contributed by atoms with Crippen LogP contribution in [-0.2, 0) is 17.9 Å². The van der Waals surface area contributed by atoms with Gasteiger partial charge in [0.05, 0.1) is 10.6 Å². The van der Waals surface area contributed by atoms with Crippen molar-refractivity contribution in [3.05, 3.63) is 58.1 Å². The van der Waals surface area contributed by atoms with Gasteiger partial charge in [0.25, 0.3) is 5.91 Å². The maximum absolute atomic E-state index is 12.9. The molecule has 2 heterocycles. The van der Waals surface area contributed by atoms with E-state index in [-0.39, 0.29) is 31.0 Å². The van der Waals surface area contributed by atoms with Crippen LogP contribution in [0.1, 0.15) is 42.3 Å². The highest BCUT2D eigenvalue weighted by molar-refractivity contribution is 6.34. The molecule has 4 rings (SSSR count). The predicted octanol–water partition coefficient (Wildman–Crippen LogP) is 3.77. The molecule has 33 heavy (non-hydrogen) atoms. The van der Waals surface area contributed by atoms with Gasteiger partial charge in [-0.2, -0.15) is 0 Å². The molecule has 1 N–H and O–H groups in total. The van der Waals surface area contributed by atoms with Gasteiger partial charge in [0.2, 0.25) is 5.91 Å². The molecule has 1 saturated heterocycles. The minimum atomic E-state index is -0.391. The highest BCUT2D eigenvalue weighted by Crippen LogP contribution is 2.35. The Morgan fingerprint density at radius 1 is 1.00 bits per heavy atom. The Morgan fingerprint density at radius 3 is 2.30 bits per heavy atom. The first-order chi connectivity index (χ1) is 15.6. The molecule has 0 unspecified atom stereocenters. The molecule has 174 valence electrons. The second-order valence-electron chi connectivity index (χ2n) is 9.45. The average Bonchev–Trinajstić information content (AvgIpc) is 3.23. The fourth-order valence-corrected chi connectivity index (χ4v) is 4.70. The average molecular weight is 470 g/mol. The Hall–Kier alpha value is -2.90. The van der Waals surface area contributed by atoms with E-state index in [1.54, 1.807) is 22.8 Å². The Morgan fingerprint density at radius 2 is 1.70 bits per heavy atom. The third kappa shape index (κ3) is 4.48. The van der Waals surface area contributed by atoms with Crippen molar-refractivity contribution in [1.82, 2.24) is 14.7 Å². The molecule has 0 bridgehead atoms. The number of fused-ring (bicyclic) bond motifs is 1. The molecule has 2 aromatic rings. The number of imide groups is 1. The molecule has 0 spiro atoms. The number of amides is 4. The van der Waals surface area contributed by atoms with Crippen molar-refractivity contribution in [2.24, 2.45) is 5.41 Å². The number of carbonyl (C=O) groups excluding carboxylic acids is 3. The Labute approximate surface area is 198 Å². The molecule has 2 aliphatic heterocycles. The standard InChI is InChI=1S/C25H28ClN3O4/c1-4-29-21(31)13-27(24(29)33)11-16-5-7-17(8-6-16)18-9-19-12-28(14-25(2,3)15-30)23(32)22(19)20(26)10-18/h5-10,30H,4,11-15H2,1-3H3. The smallest absolute Gasteiger partial charge is 0.327 e. The van der Waals surface area contributed by atoms with E-state index in [4.69, 9.17) is 11.6 Å². The molecule has 2 aliphatic rings. The summed E-state index contributed by atoms with van der Waals surface area (Å²) in [7, 11) is 0. The SMILES string of the molecule is CCN1C(=O)CN(Cc2ccc(-c3cc(Cl)c4c(c3)CN(CC(C)(C)CO)C4=O)cc2)C1=O. The first-order valence-corrected chi connectivity index (χ1v) is 11.4. The zero-order chi connectivity index (χ0) is 23.9. The molecule has 0 atom stereocenters.